The van der Waals surface area contributed by atoms with E-state index in [1.165, 1.54) is 17.0 Å². The van der Waals surface area contributed by atoms with Crippen LogP contribution in [0.4, 0.5) is 10.1 Å². The Kier molecular flexibility index (Phi) is 5.29. The van der Waals surface area contributed by atoms with Crippen molar-refractivity contribution in [2.75, 3.05) is 18.1 Å². The quantitative estimate of drug-likeness (QED) is 0.808. The number of anilines is 1. The van der Waals surface area contributed by atoms with Gasteiger partial charge in [-0.25, -0.2) is 4.39 Å². The standard InChI is InChI=1S/C15H16ClFN2S/c1-20-14-4-2-10(3-5-14)15(9-18)19-13-7-11(16)6-12(17)8-13/h2-8,15,19H,9,18H2,1H3. The SMILES string of the molecule is CSc1ccc(C(CN)Nc2cc(F)cc(Cl)c2)cc1. The van der Waals surface area contributed by atoms with E-state index in [0.29, 0.717) is 17.3 Å². The Labute approximate surface area is 127 Å². The summed E-state index contributed by atoms with van der Waals surface area (Å²) >= 11 is 7.53. The number of benzene rings is 2. The average molecular weight is 311 g/mol. The third kappa shape index (κ3) is 3.88. The Hall–Kier alpha value is -1.23. The highest BCUT2D eigenvalue weighted by atomic mass is 35.5. The molecule has 0 saturated carbocycles. The highest BCUT2D eigenvalue weighted by Gasteiger charge is 2.10. The monoisotopic (exact) mass is 310 g/mol. The molecular formula is C15H16ClFN2S. The fourth-order valence-electron chi connectivity index (χ4n) is 1.95. The lowest BCUT2D eigenvalue weighted by Gasteiger charge is -2.19. The van der Waals surface area contributed by atoms with Gasteiger partial charge in [-0.2, -0.15) is 0 Å². The van der Waals surface area contributed by atoms with E-state index in [9.17, 15) is 4.39 Å². The number of halogens is 2. The van der Waals surface area contributed by atoms with E-state index in [1.807, 2.05) is 30.5 Å². The summed E-state index contributed by atoms with van der Waals surface area (Å²) in [5.74, 6) is -0.367. The van der Waals surface area contributed by atoms with Gasteiger partial charge in [-0.05, 0) is 42.2 Å². The molecule has 0 aliphatic rings. The molecular weight excluding hydrogens is 295 g/mol. The molecule has 5 heteroatoms. The number of nitrogens with two attached hydrogens (primary N) is 1. The fourth-order valence-corrected chi connectivity index (χ4v) is 2.58. The summed E-state index contributed by atoms with van der Waals surface area (Å²) in [5.41, 5.74) is 7.49. The van der Waals surface area contributed by atoms with Gasteiger partial charge in [-0.3, -0.25) is 0 Å². The maximum atomic E-state index is 13.3. The minimum absolute atomic E-state index is 0.0798. The summed E-state index contributed by atoms with van der Waals surface area (Å²) in [7, 11) is 0. The Bertz CT molecular complexity index is 554. The highest BCUT2D eigenvalue weighted by Crippen LogP contribution is 2.24. The Balaban J connectivity index is 2.19. The Morgan fingerprint density at radius 1 is 1.25 bits per heavy atom. The summed E-state index contributed by atoms with van der Waals surface area (Å²) in [6, 6.07) is 12.4. The molecule has 0 radical (unpaired) electrons. The second kappa shape index (κ2) is 6.97. The van der Waals surface area contributed by atoms with Crippen LogP contribution >= 0.6 is 23.4 Å². The molecule has 0 heterocycles. The zero-order valence-corrected chi connectivity index (χ0v) is 12.6. The highest BCUT2D eigenvalue weighted by molar-refractivity contribution is 7.98. The van der Waals surface area contributed by atoms with Gasteiger partial charge in [0.05, 0.1) is 6.04 Å². The van der Waals surface area contributed by atoms with Crippen molar-refractivity contribution in [1.29, 1.82) is 0 Å². The average Bonchev–Trinajstić information content (AvgIpc) is 2.44. The number of hydrogen-bond donors (Lipinski definition) is 2. The van der Waals surface area contributed by atoms with E-state index in [-0.39, 0.29) is 11.9 Å². The molecule has 106 valence electrons. The van der Waals surface area contributed by atoms with Crippen molar-refractivity contribution in [2.45, 2.75) is 10.9 Å². The zero-order valence-electron chi connectivity index (χ0n) is 11.1. The smallest absolute Gasteiger partial charge is 0.126 e. The first kappa shape index (κ1) is 15.2. The second-order valence-corrected chi connectivity index (χ2v) is 5.68. The molecule has 20 heavy (non-hydrogen) atoms. The van der Waals surface area contributed by atoms with Gasteiger partial charge in [0.15, 0.2) is 0 Å². The molecule has 0 bridgehead atoms. The van der Waals surface area contributed by atoms with E-state index >= 15 is 0 Å². The molecule has 0 fully saturated rings. The Morgan fingerprint density at radius 3 is 2.50 bits per heavy atom. The van der Waals surface area contributed by atoms with E-state index in [0.717, 1.165) is 5.56 Å². The fraction of sp³-hybridized carbons (Fsp3) is 0.200. The number of thioether (sulfide) groups is 1. The first-order valence-electron chi connectivity index (χ1n) is 6.19. The van der Waals surface area contributed by atoms with Crippen LogP contribution in [0.3, 0.4) is 0 Å². The van der Waals surface area contributed by atoms with Gasteiger partial charge in [-0.1, -0.05) is 23.7 Å². The molecule has 3 N–H and O–H groups in total. The predicted octanol–water partition coefficient (Wildman–Crippen LogP) is 4.31. The molecule has 2 aromatic rings. The van der Waals surface area contributed by atoms with Gasteiger partial charge in [0.25, 0.3) is 0 Å². The molecule has 0 spiro atoms. The van der Waals surface area contributed by atoms with Crippen LogP contribution in [-0.2, 0) is 0 Å². The van der Waals surface area contributed by atoms with Crippen molar-refractivity contribution >= 4 is 29.1 Å². The van der Waals surface area contributed by atoms with Crippen molar-refractivity contribution in [3.05, 3.63) is 58.9 Å². The number of hydrogen-bond acceptors (Lipinski definition) is 3. The van der Waals surface area contributed by atoms with Gasteiger partial charge in [0.2, 0.25) is 0 Å². The van der Waals surface area contributed by atoms with E-state index in [1.54, 1.807) is 17.8 Å². The topological polar surface area (TPSA) is 38.0 Å². The van der Waals surface area contributed by atoms with E-state index in [2.05, 4.69) is 5.32 Å². The van der Waals surface area contributed by atoms with Crippen LogP contribution in [0.1, 0.15) is 11.6 Å². The lowest BCUT2D eigenvalue weighted by Crippen LogP contribution is -2.20. The van der Waals surface area contributed by atoms with Gasteiger partial charge in [0, 0.05) is 22.2 Å². The van der Waals surface area contributed by atoms with E-state index in [4.69, 9.17) is 17.3 Å². The molecule has 0 aliphatic carbocycles. The van der Waals surface area contributed by atoms with Crippen LogP contribution in [0, 0.1) is 5.82 Å². The van der Waals surface area contributed by atoms with Crippen molar-refractivity contribution in [3.63, 3.8) is 0 Å². The minimum Gasteiger partial charge on any atom is -0.377 e. The van der Waals surface area contributed by atoms with Crippen LogP contribution in [0.25, 0.3) is 0 Å². The Morgan fingerprint density at radius 2 is 1.95 bits per heavy atom. The van der Waals surface area contributed by atoms with Gasteiger partial charge < -0.3 is 11.1 Å². The van der Waals surface area contributed by atoms with Gasteiger partial charge >= 0.3 is 0 Å². The van der Waals surface area contributed by atoms with Gasteiger partial charge in [0.1, 0.15) is 5.82 Å². The molecule has 0 saturated heterocycles. The van der Waals surface area contributed by atoms with Crippen LogP contribution in [0.5, 0.6) is 0 Å². The summed E-state index contributed by atoms with van der Waals surface area (Å²) < 4.78 is 13.3. The number of nitrogens with one attached hydrogen (secondary N) is 1. The summed E-state index contributed by atoms with van der Waals surface area (Å²) in [5, 5.41) is 3.57. The lowest BCUT2D eigenvalue weighted by atomic mass is 10.1. The third-order valence-corrected chi connectivity index (χ3v) is 3.92. The molecule has 2 aromatic carbocycles. The molecule has 0 aromatic heterocycles. The minimum atomic E-state index is -0.367. The van der Waals surface area contributed by atoms with Crippen molar-refractivity contribution in [1.82, 2.24) is 0 Å². The van der Waals surface area contributed by atoms with E-state index < -0.39 is 0 Å². The first-order valence-corrected chi connectivity index (χ1v) is 7.79. The zero-order chi connectivity index (χ0) is 14.5. The molecule has 0 amide bonds. The van der Waals surface area contributed by atoms with Crippen LogP contribution in [0.15, 0.2) is 47.4 Å². The van der Waals surface area contributed by atoms with Crippen molar-refractivity contribution in [2.24, 2.45) is 5.73 Å². The summed E-state index contributed by atoms with van der Waals surface area (Å²) in [6.45, 7) is 0.409. The largest absolute Gasteiger partial charge is 0.377 e. The maximum absolute atomic E-state index is 13.3. The molecule has 1 atom stereocenters. The summed E-state index contributed by atoms with van der Waals surface area (Å²) in [6.07, 6.45) is 2.03. The summed E-state index contributed by atoms with van der Waals surface area (Å²) in [4.78, 5) is 1.19. The van der Waals surface area contributed by atoms with Crippen LogP contribution in [0.2, 0.25) is 5.02 Å². The molecule has 2 rings (SSSR count). The molecule has 0 aliphatic heterocycles. The number of rotatable bonds is 5. The second-order valence-electron chi connectivity index (χ2n) is 4.36. The third-order valence-electron chi connectivity index (χ3n) is 2.96. The van der Waals surface area contributed by atoms with Crippen molar-refractivity contribution in [3.8, 4) is 0 Å². The van der Waals surface area contributed by atoms with Crippen molar-refractivity contribution < 1.29 is 4.39 Å². The molecule has 1 unspecified atom stereocenters. The normalized spacial score (nSPS) is 12.2. The lowest BCUT2D eigenvalue weighted by molar-refractivity contribution is 0.627. The predicted molar refractivity (Wildman–Crippen MR) is 85.1 cm³/mol. The molecule has 2 nitrogen and oxygen atoms in total. The van der Waals surface area contributed by atoms with Crippen LogP contribution < -0.4 is 11.1 Å². The maximum Gasteiger partial charge on any atom is 0.126 e. The van der Waals surface area contributed by atoms with Gasteiger partial charge in [-0.15, -0.1) is 11.8 Å². The first-order chi connectivity index (χ1) is 9.62. The van der Waals surface area contributed by atoms with Crippen LogP contribution in [-0.4, -0.2) is 12.8 Å².